The number of rotatable bonds is 7. The number of benzene rings is 1. The SMILES string of the molecule is C[C@H]1CN(c2ccc(S(=O)(=O)N3CCC(Nc4ncc(C(F)(F)F)c(O[C@H]5CCOC5)n4)CC3)cc2)C[C@H](C)N1. The van der Waals surface area contributed by atoms with Gasteiger partial charge in [-0.2, -0.15) is 22.5 Å². The predicted molar refractivity (Wildman–Crippen MR) is 143 cm³/mol. The van der Waals surface area contributed by atoms with Gasteiger partial charge in [-0.3, -0.25) is 0 Å². The van der Waals surface area contributed by atoms with Crippen LogP contribution in [0.1, 0.15) is 38.7 Å². The smallest absolute Gasteiger partial charge is 0.423 e. The molecule has 3 aliphatic rings. The minimum absolute atomic E-state index is 0.00959. The lowest BCUT2D eigenvalue weighted by atomic mass is 10.1. The van der Waals surface area contributed by atoms with E-state index in [1.54, 1.807) is 12.1 Å². The van der Waals surface area contributed by atoms with E-state index in [4.69, 9.17) is 9.47 Å². The molecule has 40 heavy (non-hydrogen) atoms. The topological polar surface area (TPSA) is 109 Å². The fourth-order valence-electron chi connectivity index (χ4n) is 5.42. The number of nitrogens with one attached hydrogen (secondary N) is 2. The third-order valence-electron chi connectivity index (χ3n) is 7.41. The summed E-state index contributed by atoms with van der Waals surface area (Å²) in [5, 5.41) is 6.54. The molecule has 1 aromatic carbocycles. The molecule has 0 saturated carbocycles. The molecule has 0 aliphatic carbocycles. The maximum atomic E-state index is 13.5. The van der Waals surface area contributed by atoms with Crippen molar-refractivity contribution in [3.63, 3.8) is 0 Å². The van der Waals surface area contributed by atoms with Gasteiger partial charge in [0, 0.05) is 62.6 Å². The largest absolute Gasteiger partial charge is 0.471 e. The molecule has 3 atom stereocenters. The standard InChI is InChI=1S/C26H35F3N6O4S/c1-17-14-34(15-18(2)31-17)20-3-5-22(6-4-20)40(36,37)35-10-7-19(8-11-35)32-25-30-13-23(26(27,28)29)24(33-25)39-21-9-12-38-16-21/h3-6,13,17-19,21,31H,7-12,14-16H2,1-2H3,(H,30,32,33)/t17-,18-,21-/m0/s1. The van der Waals surface area contributed by atoms with Crippen molar-refractivity contribution >= 4 is 21.7 Å². The van der Waals surface area contributed by atoms with Gasteiger partial charge in [0.2, 0.25) is 21.9 Å². The average molecular weight is 585 g/mol. The van der Waals surface area contributed by atoms with Gasteiger partial charge in [0.25, 0.3) is 0 Å². The molecule has 0 bridgehead atoms. The highest BCUT2D eigenvalue weighted by Gasteiger charge is 2.38. The summed E-state index contributed by atoms with van der Waals surface area (Å²) in [5.74, 6) is -0.524. The Morgan fingerprint density at radius 2 is 1.75 bits per heavy atom. The first-order chi connectivity index (χ1) is 19.0. The van der Waals surface area contributed by atoms with E-state index in [2.05, 4.69) is 39.3 Å². The maximum Gasteiger partial charge on any atom is 0.423 e. The summed E-state index contributed by atoms with van der Waals surface area (Å²) in [6, 6.07) is 7.49. The number of ether oxygens (including phenoxy) is 2. The van der Waals surface area contributed by atoms with Crippen LogP contribution in [0.3, 0.4) is 0 Å². The fourth-order valence-corrected chi connectivity index (χ4v) is 6.89. The van der Waals surface area contributed by atoms with Gasteiger partial charge >= 0.3 is 6.18 Å². The Kier molecular flexibility index (Phi) is 8.41. The summed E-state index contributed by atoms with van der Waals surface area (Å²) < 4.78 is 79.2. The second-order valence-corrected chi connectivity index (χ2v) is 12.6. The van der Waals surface area contributed by atoms with Crippen molar-refractivity contribution in [1.82, 2.24) is 19.6 Å². The van der Waals surface area contributed by atoms with E-state index in [9.17, 15) is 21.6 Å². The normalized spacial score (nSPS) is 25.2. The number of sulfonamides is 1. The van der Waals surface area contributed by atoms with Crippen molar-refractivity contribution in [2.45, 2.75) is 68.4 Å². The van der Waals surface area contributed by atoms with Gasteiger partial charge in [-0.15, -0.1) is 0 Å². The molecule has 220 valence electrons. The van der Waals surface area contributed by atoms with Crippen LogP contribution >= 0.6 is 0 Å². The van der Waals surface area contributed by atoms with Crippen LogP contribution in [0.5, 0.6) is 5.88 Å². The van der Waals surface area contributed by atoms with E-state index >= 15 is 0 Å². The fraction of sp³-hybridized carbons (Fsp3) is 0.615. The molecule has 0 amide bonds. The first-order valence-corrected chi connectivity index (χ1v) is 15.0. The molecule has 1 aromatic heterocycles. The highest BCUT2D eigenvalue weighted by atomic mass is 32.2. The third kappa shape index (κ3) is 6.61. The summed E-state index contributed by atoms with van der Waals surface area (Å²) in [5.41, 5.74) is -0.0553. The Bertz CT molecular complexity index is 1260. The van der Waals surface area contributed by atoms with Crippen molar-refractivity contribution in [3.8, 4) is 5.88 Å². The molecule has 10 nitrogen and oxygen atoms in total. The van der Waals surface area contributed by atoms with Crippen molar-refractivity contribution in [2.75, 3.05) is 49.6 Å². The van der Waals surface area contributed by atoms with Crippen LogP contribution in [-0.4, -0.2) is 86.3 Å². The molecule has 0 spiro atoms. The zero-order valence-corrected chi connectivity index (χ0v) is 23.3. The van der Waals surface area contributed by atoms with Crippen molar-refractivity contribution in [2.24, 2.45) is 0 Å². The molecule has 14 heteroatoms. The number of aromatic nitrogens is 2. The molecule has 3 aliphatic heterocycles. The minimum Gasteiger partial charge on any atom is -0.471 e. The van der Waals surface area contributed by atoms with E-state index in [1.165, 1.54) is 4.31 Å². The number of piperazine rings is 1. The van der Waals surface area contributed by atoms with Gasteiger partial charge in [-0.25, -0.2) is 13.4 Å². The lowest BCUT2D eigenvalue weighted by molar-refractivity contribution is -0.139. The minimum atomic E-state index is -4.66. The molecule has 2 N–H and O–H groups in total. The van der Waals surface area contributed by atoms with Crippen LogP contribution in [0.4, 0.5) is 24.8 Å². The van der Waals surface area contributed by atoms with Crippen LogP contribution in [0.2, 0.25) is 0 Å². The van der Waals surface area contributed by atoms with Gasteiger partial charge in [0.1, 0.15) is 11.7 Å². The van der Waals surface area contributed by atoms with E-state index in [0.29, 0.717) is 44.1 Å². The number of nitrogens with zero attached hydrogens (tertiary/aromatic N) is 4. The van der Waals surface area contributed by atoms with Crippen LogP contribution in [0.15, 0.2) is 35.4 Å². The van der Waals surface area contributed by atoms with Crippen molar-refractivity contribution in [1.29, 1.82) is 0 Å². The molecule has 3 saturated heterocycles. The van der Waals surface area contributed by atoms with Gasteiger partial charge < -0.3 is 25.0 Å². The van der Waals surface area contributed by atoms with E-state index in [0.717, 1.165) is 18.8 Å². The number of hydrogen-bond acceptors (Lipinski definition) is 9. The molecule has 0 unspecified atom stereocenters. The van der Waals surface area contributed by atoms with Crippen molar-refractivity contribution in [3.05, 3.63) is 36.0 Å². The molecule has 3 fully saturated rings. The molecule has 4 heterocycles. The zero-order chi connectivity index (χ0) is 28.5. The van der Waals surface area contributed by atoms with E-state index < -0.39 is 33.7 Å². The highest BCUT2D eigenvalue weighted by molar-refractivity contribution is 7.89. The second kappa shape index (κ2) is 11.7. The third-order valence-corrected chi connectivity index (χ3v) is 9.32. The first kappa shape index (κ1) is 28.8. The Hall–Kier alpha value is -2.68. The highest BCUT2D eigenvalue weighted by Crippen LogP contribution is 2.36. The Labute approximate surface area is 232 Å². The van der Waals surface area contributed by atoms with Gasteiger partial charge in [-0.05, 0) is 51.0 Å². The summed E-state index contributed by atoms with van der Waals surface area (Å²) in [6.45, 7) is 7.10. The molecule has 5 rings (SSSR count). The van der Waals surface area contributed by atoms with Crippen LogP contribution in [-0.2, 0) is 20.9 Å². The lowest BCUT2D eigenvalue weighted by Crippen LogP contribution is -2.54. The summed E-state index contributed by atoms with van der Waals surface area (Å²) in [4.78, 5) is 10.4. The van der Waals surface area contributed by atoms with Crippen LogP contribution in [0, 0.1) is 0 Å². The van der Waals surface area contributed by atoms with Gasteiger partial charge in [-0.1, -0.05) is 0 Å². The number of hydrogen-bond donors (Lipinski definition) is 2. The summed E-state index contributed by atoms with van der Waals surface area (Å²) in [6.07, 6.45) is -3.07. The van der Waals surface area contributed by atoms with Gasteiger partial charge in [0.15, 0.2) is 0 Å². The predicted octanol–water partition coefficient (Wildman–Crippen LogP) is 3.11. The number of alkyl halides is 3. The molecular formula is C26H35F3N6O4S. The Morgan fingerprint density at radius 3 is 2.35 bits per heavy atom. The lowest BCUT2D eigenvalue weighted by Gasteiger charge is -2.37. The van der Waals surface area contributed by atoms with E-state index in [1.807, 2.05) is 12.1 Å². The number of piperidine rings is 1. The van der Waals surface area contributed by atoms with Gasteiger partial charge in [0.05, 0.1) is 18.1 Å². The van der Waals surface area contributed by atoms with Crippen molar-refractivity contribution < 1.29 is 31.1 Å². The summed E-state index contributed by atoms with van der Waals surface area (Å²) >= 11 is 0. The Balaban J connectivity index is 1.20. The van der Waals surface area contributed by atoms with Crippen LogP contribution < -0.4 is 20.3 Å². The number of halogens is 3. The Morgan fingerprint density at radius 1 is 1.07 bits per heavy atom. The summed E-state index contributed by atoms with van der Waals surface area (Å²) in [7, 11) is -3.68. The maximum absolute atomic E-state index is 13.5. The molecule has 0 radical (unpaired) electrons. The first-order valence-electron chi connectivity index (χ1n) is 13.6. The monoisotopic (exact) mass is 584 g/mol. The zero-order valence-electron chi connectivity index (χ0n) is 22.5. The quantitative estimate of drug-likeness (QED) is 0.508. The number of anilines is 2. The van der Waals surface area contributed by atoms with Crippen LogP contribution in [0.25, 0.3) is 0 Å². The van der Waals surface area contributed by atoms with E-state index in [-0.39, 0.29) is 36.6 Å². The average Bonchev–Trinajstić information content (AvgIpc) is 3.41. The molecule has 2 aromatic rings. The molecular weight excluding hydrogens is 549 g/mol. The second-order valence-electron chi connectivity index (χ2n) is 10.7.